The first-order valence-electron chi connectivity index (χ1n) is 7.90. The lowest BCUT2D eigenvalue weighted by molar-refractivity contribution is 0.297. The first-order valence-corrected chi connectivity index (χ1v) is 9.13. The molecular formula is C17H24BrClO2. The number of rotatable bonds is 6. The zero-order valence-corrected chi connectivity index (χ0v) is 15.2. The van der Waals surface area contributed by atoms with E-state index in [2.05, 4.69) is 35.8 Å². The molecule has 0 saturated carbocycles. The Labute approximate surface area is 141 Å². The summed E-state index contributed by atoms with van der Waals surface area (Å²) in [6, 6.07) is 4.05. The molecule has 1 aromatic rings. The van der Waals surface area contributed by atoms with Gasteiger partial charge in [-0.15, -0.1) is 11.6 Å². The molecule has 2 unspecified atom stereocenters. The fraction of sp³-hybridized carbons (Fsp3) is 0.647. The first-order chi connectivity index (χ1) is 10.2. The molecule has 0 aliphatic carbocycles. The number of fused-ring (bicyclic) bond motifs is 1. The van der Waals surface area contributed by atoms with Crippen molar-refractivity contribution in [2.24, 2.45) is 5.92 Å². The van der Waals surface area contributed by atoms with Crippen LogP contribution in [0.3, 0.4) is 0 Å². The minimum absolute atomic E-state index is 0.00748. The number of benzene rings is 1. The Morgan fingerprint density at radius 2 is 1.86 bits per heavy atom. The van der Waals surface area contributed by atoms with Crippen LogP contribution in [0.25, 0.3) is 0 Å². The van der Waals surface area contributed by atoms with Gasteiger partial charge in [-0.1, -0.05) is 49.0 Å². The molecule has 0 radical (unpaired) electrons. The van der Waals surface area contributed by atoms with E-state index in [0.717, 1.165) is 34.4 Å². The minimum Gasteiger partial charge on any atom is -0.490 e. The van der Waals surface area contributed by atoms with E-state index in [1.54, 1.807) is 0 Å². The van der Waals surface area contributed by atoms with Gasteiger partial charge in [0, 0.05) is 10.9 Å². The van der Waals surface area contributed by atoms with Crippen LogP contribution in [0.1, 0.15) is 56.9 Å². The number of hydrogen-bond donors (Lipinski definition) is 0. The normalized spacial score (nSPS) is 17.1. The van der Waals surface area contributed by atoms with Crippen molar-refractivity contribution in [3.8, 4) is 11.5 Å². The van der Waals surface area contributed by atoms with E-state index in [-0.39, 0.29) is 5.38 Å². The molecule has 1 aromatic carbocycles. The summed E-state index contributed by atoms with van der Waals surface area (Å²) in [5, 5.41) is 0.00748. The fourth-order valence-corrected chi connectivity index (χ4v) is 3.87. The smallest absolute Gasteiger partial charge is 0.162 e. The molecule has 2 rings (SSSR count). The summed E-state index contributed by atoms with van der Waals surface area (Å²) in [6.45, 7) is 5.84. The second-order valence-electron chi connectivity index (χ2n) is 5.58. The summed E-state index contributed by atoms with van der Waals surface area (Å²) in [5.41, 5.74) is 1.11. The topological polar surface area (TPSA) is 18.5 Å². The number of halogens is 2. The van der Waals surface area contributed by atoms with Gasteiger partial charge in [0.2, 0.25) is 0 Å². The van der Waals surface area contributed by atoms with E-state index in [1.807, 2.05) is 6.07 Å². The predicted molar refractivity (Wildman–Crippen MR) is 91.6 cm³/mol. The van der Waals surface area contributed by atoms with Crippen LogP contribution in [-0.4, -0.2) is 13.2 Å². The lowest BCUT2D eigenvalue weighted by Crippen LogP contribution is -2.08. The fourth-order valence-electron chi connectivity index (χ4n) is 2.69. The highest BCUT2D eigenvalue weighted by Crippen LogP contribution is 2.43. The van der Waals surface area contributed by atoms with Crippen molar-refractivity contribution < 1.29 is 9.47 Å². The SMILES string of the molecule is CCCCC(CC)C(Cl)c1cc2c(cc1Br)OCCCO2. The van der Waals surface area contributed by atoms with Gasteiger partial charge in [0.05, 0.1) is 18.6 Å². The molecule has 2 atom stereocenters. The van der Waals surface area contributed by atoms with Crippen molar-refractivity contribution in [2.45, 2.75) is 51.3 Å². The summed E-state index contributed by atoms with van der Waals surface area (Å²) >= 11 is 10.4. The Morgan fingerprint density at radius 3 is 2.48 bits per heavy atom. The maximum Gasteiger partial charge on any atom is 0.162 e. The first kappa shape index (κ1) is 17.0. The van der Waals surface area contributed by atoms with E-state index in [4.69, 9.17) is 21.1 Å². The number of ether oxygens (including phenoxy) is 2. The maximum absolute atomic E-state index is 6.77. The third-order valence-electron chi connectivity index (χ3n) is 4.03. The van der Waals surface area contributed by atoms with Crippen LogP contribution < -0.4 is 9.47 Å². The molecule has 0 aromatic heterocycles. The van der Waals surface area contributed by atoms with Crippen molar-refractivity contribution in [1.29, 1.82) is 0 Å². The zero-order chi connectivity index (χ0) is 15.2. The van der Waals surface area contributed by atoms with E-state index >= 15 is 0 Å². The van der Waals surface area contributed by atoms with Gasteiger partial charge >= 0.3 is 0 Å². The number of unbranched alkanes of at least 4 members (excludes halogenated alkanes) is 1. The Balaban J connectivity index is 2.23. The quantitative estimate of drug-likeness (QED) is 0.559. The van der Waals surface area contributed by atoms with Crippen molar-refractivity contribution in [2.75, 3.05) is 13.2 Å². The van der Waals surface area contributed by atoms with Crippen LogP contribution in [0, 0.1) is 5.92 Å². The molecule has 0 amide bonds. The highest BCUT2D eigenvalue weighted by Gasteiger charge is 2.24. The maximum atomic E-state index is 6.77. The highest BCUT2D eigenvalue weighted by molar-refractivity contribution is 9.10. The molecule has 0 fully saturated rings. The second kappa shape index (κ2) is 8.28. The zero-order valence-electron chi connectivity index (χ0n) is 12.8. The third kappa shape index (κ3) is 4.29. The van der Waals surface area contributed by atoms with Crippen LogP contribution in [0.2, 0.25) is 0 Å². The average molecular weight is 376 g/mol. The molecule has 4 heteroatoms. The molecule has 21 heavy (non-hydrogen) atoms. The Kier molecular flexibility index (Phi) is 6.69. The minimum atomic E-state index is 0.00748. The molecule has 1 heterocycles. The summed E-state index contributed by atoms with van der Waals surface area (Å²) in [4.78, 5) is 0. The second-order valence-corrected chi connectivity index (χ2v) is 6.91. The number of alkyl halides is 1. The summed E-state index contributed by atoms with van der Waals surface area (Å²) in [5.74, 6) is 2.13. The summed E-state index contributed by atoms with van der Waals surface area (Å²) < 4.78 is 12.5. The predicted octanol–water partition coefficient (Wildman–Crippen LogP) is 6.11. The molecular weight excluding hydrogens is 352 g/mol. The summed E-state index contributed by atoms with van der Waals surface area (Å²) in [7, 11) is 0. The van der Waals surface area contributed by atoms with Gasteiger partial charge in [-0.25, -0.2) is 0 Å². The monoisotopic (exact) mass is 374 g/mol. The lowest BCUT2D eigenvalue weighted by atomic mass is 9.91. The molecule has 1 aliphatic rings. The van der Waals surface area contributed by atoms with Gasteiger partial charge in [-0.05, 0) is 30.0 Å². The van der Waals surface area contributed by atoms with Crippen LogP contribution in [-0.2, 0) is 0 Å². The van der Waals surface area contributed by atoms with Gasteiger partial charge in [0.25, 0.3) is 0 Å². The molecule has 0 saturated heterocycles. The molecule has 1 aliphatic heterocycles. The molecule has 0 N–H and O–H groups in total. The Bertz CT molecular complexity index is 464. The van der Waals surface area contributed by atoms with Gasteiger partial charge < -0.3 is 9.47 Å². The highest BCUT2D eigenvalue weighted by atomic mass is 79.9. The van der Waals surface area contributed by atoms with Gasteiger partial charge in [0.1, 0.15) is 0 Å². The third-order valence-corrected chi connectivity index (χ3v) is 5.31. The van der Waals surface area contributed by atoms with E-state index < -0.39 is 0 Å². The lowest BCUT2D eigenvalue weighted by Gasteiger charge is -2.23. The molecule has 118 valence electrons. The van der Waals surface area contributed by atoms with Crippen LogP contribution in [0.4, 0.5) is 0 Å². The molecule has 0 bridgehead atoms. The standard InChI is InChI=1S/C17H24BrClO2/c1-3-5-7-12(4-2)17(19)13-10-15-16(11-14(13)18)21-9-6-8-20-15/h10-12,17H,3-9H2,1-2H3. The molecule has 2 nitrogen and oxygen atoms in total. The van der Waals surface area contributed by atoms with Gasteiger partial charge in [-0.2, -0.15) is 0 Å². The van der Waals surface area contributed by atoms with Crippen molar-refractivity contribution >= 4 is 27.5 Å². The van der Waals surface area contributed by atoms with Crippen LogP contribution in [0.5, 0.6) is 11.5 Å². The van der Waals surface area contributed by atoms with E-state index in [9.17, 15) is 0 Å². The number of hydrogen-bond acceptors (Lipinski definition) is 2. The summed E-state index contributed by atoms with van der Waals surface area (Å²) in [6.07, 6.45) is 5.61. The van der Waals surface area contributed by atoms with Crippen molar-refractivity contribution in [3.05, 3.63) is 22.2 Å². The molecule has 0 spiro atoms. The van der Waals surface area contributed by atoms with Gasteiger partial charge in [-0.3, -0.25) is 0 Å². The Hall–Kier alpha value is -0.410. The van der Waals surface area contributed by atoms with Gasteiger partial charge in [0.15, 0.2) is 11.5 Å². The Morgan fingerprint density at radius 1 is 1.19 bits per heavy atom. The van der Waals surface area contributed by atoms with Crippen LogP contribution in [0.15, 0.2) is 16.6 Å². The van der Waals surface area contributed by atoms with E-state index in [0.29, 0.717) is 19.1 Å². The van der Waals surface area contributed by atoms with Crippen molar-refractivity contribution in [3.63, 3.8) is 0 Å². The van der Waals surface area contributed by atoms with E-state index in [1.165, 1.54) is 19.3 Å². The van der Waals surface area contributed by atoms with Crippen LogP contribution >= 0.6 is 27.5 Å². The van der Waals surface area contributed by atoms with Crippen molar-refractivity contribution in [1.82, 2.24) is 0 Å². The largest absolute Gasteiger partial charge is 0.490 e. The average Bonchev–Trinajstić information content (AvgIpc) is 2.71.